The highest BCUT2D eigenvalue weighted by atomic mass is 35.6. The van der Waals surface area contributed by atoms with Gasteiger partial charge in [0, 0.05) is 13.1 Å². The summed E-state index contributed by atoms with van der Waals surface area (Å²) in [6, 6.07) is 5.01. The van der Waals surface area contributed by atoms with Crippen LogP contribution in [0.3, 0.4) is 0 Å². The van der Waals surface area contributed by atoms with Crippen molar-refractivity contribution in [2.45, 2.75) is 30.0 Å². The minimum atomic E-state index is -2.08. The first-order valence-corrected chi connectivity index (χ1v) is 8.90. The predicted molar refractivity (Wildman–Crippen MR) is 97.4 cm³/mol. The molecule has 1 amide bonds. The van der Waals surface area contributed by atoms with Gasteiger partial charge in [-0.15, -0.1) is 0 Å². The Balaban J connectivity index is 2.34. The number of nitrogens with one attached hydrogen (secondary N) is 1. The summed E-state index contributed by atoms with van der Waals surface area (Å²) >= 11 is 16.9. The van der Waals surface area contributed by atoms with Crippen molar-refractivity contribution in [2.75, 3.05) is 29.9 Å². The Kier molecular flexibility index (Phi) is 6.61. The van der Waals surface area contributed by atoms with Gasteiger partial charge in [-0.3, -0.25) is 4.79 Å². The van der Waals surface area contributed by atoms with E-state index < -0.39 is 15.7 Å². The molecule has 1 aromatic rings. The lowest BCUT2D eigenvalue weighted by Crippen LogP contribution is -2.32. The second-order valence-electron chi connectivity index (χ2n) is 5.45. The smallest absolute Gasteiger partial charge is 0.338 e. The number of halogens is 3. The van der Waals surface area contributed by atoms with Crippen molar-refractivity contribution >= 4 is 58.1 Å². The van der Waals surface area contributed by atoms with Gasteiger partial charge in [0.25, 0.3) is 9.70 Å². The molecule has 0 bridgehead atoms. The Morgan fingerprint density at radius 2 is 1.88 bits per heavy atom. The SMILES string of the molecule is CCOC(=O)c1ccc(N2CCCCC2)c(NC(=O)C(Cl)(Cl)Cl)c1. The predicted octanol–water partition coefficient (Wildman–Crippen LogP) is 4.16. The van der Waals surface area contributed by atoms with Crippen LogP contribution in [0.25, 0.3) is 0 Å². The lowest BCUT2D eigenvalue weighted by atomic mass is 10.1. The quantitative estimate of drug-likeness (QED) is 0.616. The lowest BCUT2D eigenvalue weighted by Gasteiger charge is -2.31. The third-order valence-electron chi connectivity index (χ3n) is 3.71. The molecule has 0 unspecified atom stereocenters. The molecule has 2 rings (SSSR count). The van der Waals surface area contributed by atoms with E-state index in [2.05, 4.69) is 10.2 Å². The maximum Gasteiger partial charge on any atom is 0.338 e. The Hall–Kier alpha value is -1.17. The van der Waals surface area contributed by atoms with Crippen LogP contribution in [0, 0.1) is 0 Å². The fraction of sp³-hybridized carbons (Fsp3) is 0.500. The largest absolute Gasteiger partial charge is 0.462 e. The number of hydrogen-bond acceptors (Lipinski definition) is 4. The molecular weight excluding hydrogens is 375 g/mol. The molecule has 0 saturated carbocycles. The van der Waals surface area contributed by atoms with Crippen molar-refractivity contribution in [3.63, 3.8) is 0 Å². The number of rotatable bonds is 4. The minimum Gasteiger partial charge on any atom is -0.462 e. The monoisotopic (exact) mass is 392 g/mol. The summed E-state index contributed by atoms with van der Waals surface area (Å²) in [6.07, 6.45) is 3.31. The van der Waals surface area contributed by atoms with Gasteiger partial charge >= 0.3 is 5.97 Å². The molecule has 24 heavy (non-hydrogen) atoms. The normalized spacial score (nSPS) is 15.1. The standard InChI is InChI=1S/C16H19Cl3N2O3/c1-2-24-14(22)11-6-7-13(21-8-4-3-5-9-21)12(10-11)20-15(23)16(17,18)19/h6-7,10H,2-5,8-9H2,1H3,(H,20,23). The topological polar surface area (TPSA) is 58.6 Å². The van der Waals surface area contributed by atoms with E-state index in [0.29, 0.717) is 11.3 Å². The van der Waals surface area contributed by atoms with E-state index >= 15 is 0 Å². The molecule has 1 aliphatic rings. The Morgan fingerprint density at radius 1 is 1.21 bits per heavy atom. The highest BCUT2D eigenvalue weighted by Crippen LogP contribution is 2.33. The summed E-state index contributed by atoms with van der Waals surface area (Å²) in [5.41, 5.74) is 1.56. The molecule has 1 saturated heterocycles. The fourth-order valence-electron chi connectivity index (χ4n) is 2.58. The van der Waals surface area contributed by atoms with Gasteiger partial charge in [0.05, 0.1) is 23.5 Å². The zero-order valence-electron chi connectivity index (χ0n) is 13.3. The molecule has 1 fully saturated rings. The molecule has 0 aromatic heterocycles. The van der Waals surface area contributed by atoms with Gasteiger partial charge < -0.3 is 15.0 Å². The molecular formula is C16H19Cl3N2O3. The summed E-state index contributed by atoms with van der Waals surface area (Å²) in [5, 5.41) is 2.60. The number of piperidine rings is 1. The highest BCUT2D eigenvalue weighted by Gasteiger charge is 2.31. The van der Waals surface area contributed by atoms with E-state index in [0.717, 1.165) is 31.6 Å². The number of benzene rings is 1. The van der Waals surface area contributed by atoms with Gasteiger partial charge in [-0.1, -0.05) is 34.8 Å². The van der Waals surface area contributed by atoms with E-state index in [1.165, 1.54) is 6.42 Å². The number of anilines is 2. The number of amides is 1. The van der Waals surface area contributed by atoms with Gasteiger partial charge in [0.1, 0.15) is 0 Å². The van der Waals surface area contributed by atoms with Crippen LogP contribution in [0.1, 0.15) is 36.5 Å². The summed E-state index contributed by atoms with van der Waals surface area (Å²) in [7, 11) is 0. The van der Waals surface area contributed by atoms with Crippen LogP contribution in [0.5, 0.6) is 0 Å². The van der Waals surface area contributed by atoms with Crippen molar-refractivity contribution in [2.24, 2.45) is 0 Å². The van der Waals surface area contributed by atoms with Crippen LogP contribution in [-0.4, -0.2) is 35.4 Å². The highest BCUT2D eigenvalue weighted by molar-refractivity contribution is 6.76. The summed E-state index contributed by atoms with van der Waals surface area (Å²) in [6.45, 7) is 3.73. The van der Waals surface area contributed by atoms with E-state index in [1.54, 1.807) is 25.1 Å². The van der Waals surface area contributed by atoms with Gasteiger partial charge in [-0.25, -0.2) is 4.79 Å². The fourth-order valence-corrected chi connectivity index (χ4v) is 2.72. The Labute approximate surface area is 156 Å². The van der Waals surface area contributed by atoms with Gasteiger partial charge in [0.15, 0.2) is 0 Å². The van der Waals surface area contributed by atoms with Gasteiger partial charge in [-0.05, 0) is 44.4 Å². The molecule has 0 aliphatic carbocycles. The lowest BCUT2D eigenvalue weighted by molar-refractivity contribution is -0.115. The molecule has 1 heterocycles. The van der Waals surface area contributed by atoms with Crippen molar-refractivity contribution in [1.29, 1.82) is 0 Å². The summed E-state index contributed by atoms with van der Waals surface area (Å²) < 4.78 is 2.91. The van der Waals surface area contributed by atoms with Crippen LogP contribution in [-0.2, 0) is 9.53 Å². The van der Waals surface area contributed by atoms with Crippen LogP contribution in [0.15, 0.2) is 18.2 Å². The number of nitrogens with zero attached hydrogens (tertiary/aromatic N) is 1. The average Bonchev–Trinajstić information content (AvgIpc) is 2.55. The molecule has 0 radical (unpaired) electrons. The van der Waals surface area contributed by atoms with Gasteiger partial charge in [0.2, 0.25) is 0 Å². The third kappa shape index (κ3) is 4.91. The van der Waals surface area contributed by atoms with E-state index in [1.807, 2.05) is 0 Å². The first-order chi connectivity index (χ1) is 11.3. The Morgan fingerprint density at radius 3 is 2.46 bits per heavy atom. The Bertz CT molecular complexity index is 611. The molecule has 132 valence electrons. The molecule has 0 atom stereocenters. The molecule has 1 aliphatic heterocycles. The van der Waals surface area contributed by atoms with Crippen molar-refractivity contribution in [1.82, 2.24) is 0 Å². The number of esters is 1. The molecule has 5 nitrogen and oxygen atoms in total. The molecule has 8 heteroatoms. The molecule has 0 spiro atoms. The van der Waals surface area contributed by atoms with Crippen LogP contribution in [0.4, 0.5) is 11.4 Å². The number of alkyl halides is 3. The second-order valence-corrected chi connectivity index (χ2v) is 7.73. The van der Waals surface area contributed by atoms with Crippen molar-refractivity contribution in [3.8, 4) is 0 Å². The summed E-state index contributed by atoms with van der Waals surface area (Å²) in [5.74, 6) is -1.24. The van der Waals surface area contributed by atoms with Crippen molar-refractivity contribution < 1.29 is 14.3 Å². The number of carbonyl (C=O) groups excluding carboxylic acids is 2. The number of hydrogen-bond donors (Lipinski definition) is 1. The van der Waals surface area contributed by atoms with E-state index in [4.69, 9.17) is 39.5 Å². The zero-order chi connectivity index (χ0) is 17.7. The number of carbonyl (C=O) groups is 2. The average molecular weight is 394 g/mol. The molecule has 1 N–H and O–H groups in total. The first-order valence-electron chi connectivity index (χ1n) is 7.77. The third-order valence-corrected chi connectivity index (χ3v) is 4.23. The minimum absolute atomic E-state index is 0.266. The first kappa shape index (κ1) is 19.2. The summed E-state index contributed by atoms with van der Waals surface area (Å²) in [4.78, 5) is 26.1. The van der Waals surface area contributed by atoms with Crippen LogP contribution >= 0.6 is 34.8 Å². The van der Waals surface area contributed by atoms with E-state index in [9.17, 15) is 9.59 Å². The van der Waals surface area contributed by atoms with Crippen molar-refractivity contribution in [3.05, 3.63) is 23.8 Å². The number of ether oxygens (including phenoxy) is 1. The zero-order valence-corrected chi connectivity index (χ0v) is 15.5. The molecule has 1 aromatic carbocycles. The van der Waals surface area contributed by atoms with Crippen LogP contribution in [0.2, 0.25) is 0 Å². The van der Waals surface area contributed by atoms with Gasteiger partial charge in [-0.2, -0.15) is 0 Å². The maximum atomic E-state index is 12.0. The van der Waals surface area contributed by atoms with E-state index in [-0.39, 0.29) is 6.61 Å². The second kappa shape index (κ2) is 8.28. The van der Waals surface area contributed by atoms with Crippen LogP contribution < -0.4 is 10.2 Å². The maximum absolute atomic E-state index is 12.0.